The van der Waals surface area contributed by atoms with Gasteiger partial charge in [0.05, 0.1) is 6.04 Å². The van der Waals surface area contributed by atoms with Crippen molar-refractivity contribution in [2.45, 2.75) is 38.3 Å². The number of likely N-dealkylation sites (N-methyl/N-ethyl adjacent to an activating group) is 1. The summed E-state index contributed by atoms with van der Waals surface area (Å²) < 4.78 is 19.4. The van der Waals surface area contributed by atoms with Crippen molar-refractivity contribution in [3.8, 4) is 0 Å². The Balaban J connectivity index is 2.49. The maximum absolute atomic E-state index is 13.7. The second-order valence-corrected chi connectivity index (χ2v) is 5.49. The monoisotopic (exact) mass is 278 g/mol. The maximum atomic E-state index is 13.7. The van der Waals surface area contributed by atoms with Crippen LogP contribution in [0.3, 0.4) is 0 Å². The molecule has 1 atom stereocenters. The molecule has 0 fully saturated rings. The van der Waals surface area contributed by atoms with Crippen molar-refractivity contribution in [1.29, 1.82) is 0 Å². The molecule has 20 heavy (non-hydrogen) atoms. The van der Waals surface area contributed by atoms with Gasteiger partial charge in [0.25, 0.3) is 0 Å². The van der Waals surface area contributed by atoms with Crippen LogP contribution in [0.1, 0.15) is 38.5 Å². The summed E-state index contributed by atoms with van der Waals surface area (Å²) in [6, 6.07) is 6.49. The van der Waals surface area contributed by atoms with Crippen molar-refractivity contribution in [1.82, 2.24) is 4.90 Å². The number of para-hydroxylation sites is 1. The summed E-state index contributed by atoms with van der Waals surface area (Å²) in [4.78, 5) is 2.14. The van der Waals surface area contributed by atoms with E-state index in [1.54, 1.807) is 6.07 Å². The van der Waals surface area contributed by atoms with Gasteiger partial charge in [0, 0.05) is 10.9 Å². The van der Waals surface area contributed by atoms with Crippen molar-refractivity contribution >= 4 is 11.0 Å². The van der Waals surface area contributed by atoms with E-state index in [9.17, 15) is 4.39 Å². The first-order valence-corrected chi connectivity index (χ1v) is 7.07. The molecule has 3 nitrogen and oxygen atoms in total. The van der Waals surface area contributed by atoms with E-state index in [1.165, 1.54) is 6.07 Å². The van der Waals surface area contributed by atoms with Crippen molar-refractivity contribution in [3.63, 3.8) is 0 Å². The molecule has 0 aliphatic rings. The number of nitrogens with two attached hydrogens (primary N) is 1. The van der Waals surface area contributed by atoms with E-state index in [1.807, 2.05) is 26.2 Å². The van der Waals surface area contributed by atoms with Gasteiger partial charge in [-0.05, 0) is 39.1 Å². The first-order chi connectivity index (χ1) is 9.46. The van der Waals surface area contributed by atoms with E-state index in [0.29, 0.717) is 5.76 Å². The zero-order valence-corrected chi connectivity index (χ0v) is 12.6. The molecular weight excluding hydrogens is 255 g/mol. The van der Waals surface area contributed by atoms with Gasteiger partial charge in [-0.25, -0.2) is 4.39 Å². The molecule has 1 unspecified atom stereocenters. The van der Waals surface area contributed by atoms with Crippen LogP contribution in [0.5, 0.6) is 0 Å². The minimum atomic E-state index is -0.343. The number of furan rings is 1. The highest BCUT2D eigenvalue weighted by Crippen LogP contribution is 2.36. The predicted octanol–water partition coefficient (Wildman–Crippen LogP) is 3.69. The fraction of sp³-hybridized carbons (Fsp3) is 0.500. The van der Waals surface area contributed by atoms with Gasteiger partial charge in [-0.1, -0.05) is 26.0 Å². The maximum Gasteiger partial charge on any atom is 0.169 e. The van der Waals surface area contributed by atoms with Crippen molar-refractivity contribution in [2.75, 3.05) is 14.1 Å². The molecule has 2 N–H and O–H groups in total. The summed E-state index contributed by atoms with van der Waals surface area (Å²) in [6.45, 7) is 4.24. The lowest BCUT2D eigenvalue weighted by Crippen LogP contribution is -2.51. The first kappa shape index (κ1) is 15.0. The fourth-order valence-electron chi connectivity index (χ4n) is 3.07. The fourth-order valence-corrected chi connectivity index (χ4v) is 3.07. The molecule has 2 aromatic rings. The molecule has 0 aliphatic carbocycles. The van der Waals surface area contributed by atoms with Gasteiger partial charge in [-0.2, -0.15) is 0 Å². The molecule has 0 aliphatic heterocycles. The summed E-state index contributed by atoms with van der Waals surface area (Å²) in [6.07, 6.45) is 1.80. The van der Waals surface area contributed by atoms with Crippen LogP contribution in [0.15, 0.2) is 28.7 Å². The Hall–Kier alpha value is -1.39. The summed E-state index contributed by atoms with van der Waals surface area (Å²) in [5.74, 6) is 0.298. The highest BCUT2D eigenvalue weighted by Gasteiger charge is 2.38. The van der Waals surface area contributed by atoms with Gasteiger partial charge in [-0.15, -0.1) is 0 Å². The SMILES string of the molecule is CCC(CC)(C(N)c1cc2cccc(F)c2o1)N(C)C. The summed E-state index contributed by atoms with van der Waals surface area (Å²) in [5, 5.41) is 0.760. The minimum absolute atomic E-state index is 0.190. The number of fused-ring (bicyclic) bond motifs is 1. The van der Waals surface area contributed by atoms with Crippen LogP contribution in [-0.2, 0) is 0 Å². The van der Waals surface area contributed by atoms with E-state index in [2.05, 4.69) is 18.7 Å². The molecule has 2 rings (SSSR count). The van der Waals surface area contributed by atoms with E-state index in [0.717, 1.165) is 18.2 Å². The first-order valence-electron chi connectivity index (χ1n) is 7.07. The predicted molar refractivity (Wildman–Crippen MR) is 80.1 cm³/mol. The Kier molecular flexibility index (Phi) is 4.16. The van der Waals surface area contributed by atoms with Crippen LogP contribution in [0.25, 0.3) is 11.0 Å². The molecule has 1 aromatic carbocycles. The molecule has 1 aromatic heterocycles. The lowest BCUT2D eigenvalue weighted by molar-refractivity contribution is 0.0968. The third-order valence-electron chi connectivity index (χ3n) is 4.52. The van der Waals surface area contributed by atoms with Crippen LogP contribution in [0.4, 0.5) is 4.39 Å². The van der Waals surface area contributed by atoms with E-state index >= 15 is 0 Å². The average Bonchev–Trinajstić information content (AvgIpc) is 2.85. The smallest absolute Gasteiger partial charge is 0.169 e. The molecule has 0 saturated carbocycles. The van der Waals surface area contributed by atoms with Crippen molar-refractivity contribution in [3.05, 3.63) is 35.8 Å². The van der Waals surface area contributed by atoms with Crippen LogP contribution < -0.4 is 5.73 Å². The number of rotatable bonds is 5. The quantitative estimate of drug-likeness (QED) is 0.907. The third-order valence-corrected chi connectivity index (χ3v) is 4.52. The minimum Gasteiger partial charge on any atom is -0.456 e. The second-order valence-electron chi connectivity index (χ2n) is 5.49. The zero-order valence-electron chi connectivity index (χ0n) is 12.6. The Morgan fingerprint density at radius 3 is 2.45 bits per heavy atom. The van der Waals surface area contributed by atoms with Crippen LogP contribution in [0.2, 0.25) is 0 Å². The number of halogens is 1. The largest absolute Gasteiger partial charge is 0.456 e. The van der Waals surface area contributed by atoms with Gasteiger partial charge in [0.1, 0.15) is 5.76 Å². The summed E-state index contributed by atoms with van der Waals surface area (Å²) in [7, 11) is 4.05. The van der Waals surface area contributed by atoms with Crippen molar-refractivity contribution < 1.29 is 8.81 Å². The Labute approximate surface area is 119 Å². The summed E-state index contributed by atoms with van der Waals surface area (Å²) in [5.41, 5.74) is 6.55. The molecule has 1 heterocycles. The molecule has 4 heteroatoms. The molecule has 0 bridgehead atoms. The van der Waals surface area contributed by atoms with Gasteiger partial charge in [0.15, 0.2) is 11.4 Å². The highest BCUT2D eigenvalue weighted by molar-refractivity contribution is 5.78. The van der Waals surface area contributed by atoms with E-state index in [-0.39, 0.29) is 23.0 Å². The van der Waals surface area contributed by atoms with Crippen LogP contribution in [0, 0.1) is 5.82 Å². The normalized spacial score (nSPS) is 14.2. The molecule has 0 amide bonds. The molecule has 0 spiro atoms. The Morgan fingerprint density at radius 1 is 1.30 bits per heavy atom. The van der Waals surface area contributed by atoms with Crippen LogP contribution in [-0.4, -0.2) is 24.5 Å². The van der Waals surface area contributed by atoms with Gasteiger partial charge < -0.3 is 15.1 Å². The zero-order chi connectivity index (χ0) is 14.9. The standard InChI is InChI=1S/C16H23FN2O/c1-5-16(6-2,19(3)4)15(18)13-10-11-8-7-9-12(17)14(11)20-13/h7-10,15H,5-6,18H2,1-4H3. The number of hydrogen-bond acceptors (Lipinski definition) is 3. The molecule has 110 valence electrons. The third kappa shape index (κ3) is 2.23. The Morgan fingerprint density at radius 2 is 1.95 bits per heavy atom. The molecule has 0 radical (unpaired) electrons. The van der Waals surface area contributed by atoms with Crippen molar-refractivity contribution in [2.24, 2.45) is 5.73 Å². The molecule has 0 saturated heterocycles. The highest BCUT2D eigenvalue weighted by atomic mass is 19.1. The lowest BCUT2D eigenvalue weighted by Gasteiger charge is -2.42. The number of hydrogen-bond donors (Lipinski definition) is 1. The number of benzene rings is 1. The Bertz CT molecular complexity index is 587. The summed E-state index contributed by atoms with van der Waals surface area (Å²) >= 11 is 0. The molecular formula is C16H23FN2O. The van der Waals surface area contributed by atoms with Gasteiger partial charge in [0.2, 0.25) is 0 Å². The van der Waals surface area contributed by atoms with E-state index in [4.69, 9.17) is 10.2 Å². The second kappa shape index (κ2) is 5.54. The lowest BCUT2D eigenvalue weighted by atomic mass is 9.82. The van der Waals surface area contributed by atoms with Crippen LogP contribution >= 0.6 is 0 Å². The number of nitrogens with zero attached hydrogens (tertiary/aromatic N) is 1. The van der Waals surface area contributed by atoms with Gasteiger partial charge in [-0.3, -0.25) is 0 Å². The van der Waals surface area contributed by atoms with E-state index < -0.39 is 0 Å². The van der Waals surface area contributed by atoms with Gasteiger partial charge >= 0.3 is 0 Å². The topological polar surface area (TPSA) is 42.4 Å². The average molecular weight is 278 g/mol.